The van der Waals surface area contributed by atoms with Crippen LogP contribution < -0.4 is 9.47 Å². The lowest BCUT2D eigenvalue weighted by Gasteiger charge is -2.13. The fourth-order valence-electron chi connectivity index (χ4n) is 1.85. The predicted molar refractivity (Wildman–Crippen MR) is 81.1 cm³/mol. The first-order chi connectivity index (χ1) is 11.0. The van der Waals surface area contributed by atoms with Gasteiger partial charge in [-0.1, -0.05) is 0 Å². The molecule has 0 N–H and O–H groups in total. The van der Waals surface area contributed by atoms with Gasteiger partial charge in [0.2, 0.25) is 0 Å². The number of hydrogen-bond donors (Lipinski definition) is 0. The van der Waals surface area contributed by atoms with Crippen LogP contribution in [0.2, 0.25) is 0 Å². The Kier molecular flexibility index (Phi) is 6.62. The van der Waals surface area contributed by atoms with Crippen LogP contribution in [0.15, 0.2) is 18.2 Å². The van der Waals surface area contributed by atoms with Crippen molar-refractivity contribution in [3.8, 4) is 17.6 Å². The molecule has 0 amide bonds. The van der Waals surface area contributed by atoms with E-state index in [-0.39, 0.29) is 29.2 Å². The largest absolute Gasteiger partial charge is 0.496 e. The van der Waals surface area contributed by atoms with Gasteiger partial charge in [-0.3, -0.25) is 0 Å². The predicted octanol–water partition coefficient (Wildman–Crippen LogP) is 1.96. The molecule has 0 unspecified atom stereocenters. The molecule has 0 aliphatic rings. The van der Waals surface area contributed by atoms with Crippen LogP contribution in [-0.2, 0) is 14.3 Å². The van der Waals surface area contributed by atoms with Gasteiger partial charge in [-0.25, -0.2) is 9.59 Å². The topological polar surface area (TPSA) is 94.9 Å². The molecule has 0 spiro atoms. The summed E-state index contributed by atoms with van der Waals surface area (Å²) in [4.78, 5) is 23.4. The van der Waals surface area contributed by atoms with Crippen molar-refractivity contribution in [2.24, 2.45) is 0 Å². The summed E-state index contributed by atoms with van der Waals surface area (Å²) in [5, 5.41) is 9.25. The Morgan fingerprint density at radius 3 is 2.13 bits per heavy atom. The van der Waals surface area contributed by atoms with E-state index in [1.807, 2.05) is 6.07 Å². The van der Waals surface area contributed by atoms with Gasteiger partial charge in [0.1, 0.15) is 23.1 Å². The molecule has 0 saturated heterocycles. The zero-order valence-corrected chi connectivity index (χ0v) is 13.3. The maximum Gasteiger partial charge on any atom is 0.345 e. The molecule has 0 saturated carbocycles. The number of methoxy groups -OCH3 is 3. The third-order valence-corrected chi connectivity index (χ3v) is 2.88. The Hall–Kier alpha value is -3.01. The van der Waals surface area contributed by atoms with E-state index < -0.39 is 11.9 Å². The monoisotopic (exact) mass is 319 g/mol. The number of carbonyl (C=O) groups is 2. The Bertz CT molecular complexity index is 647. The first-order valence-electron chi connectivity index (χ1n) is 6.65. The lowest BCUT2D eigenvalue weighted by molar-refractivity contribution is -0.137. The van der Waals surface area contributed by atoms with Gasteiger partial charge in [0.15, 0.2) is 0 Å². The van der Waals surface area contributed by atoms with Gasteiger partial charge in [0.25, 0.3) is 0 Å². The van der Waals surface area contributed by atoms with Crippen LogP contribution in [0.1, 0.15) is 22.8 Å². The van der Waals surface area contributed by atoms with E-state index >= 15 is 0 Å². The molecule has 1 rings (SSSR count). The van der Waals surface area contributed by atoms with Crippen LogP contribution in [0.4, 0.5) is 0 Å². The standard InChI is InChI=1S/C16H17NO6/c1-5-23-14(18)8-11(9-17)10-6-12(20-2)15(16(19)22-4)13(7-10)21-3/h6-8H,5H2,1-4H3. The number of hydrogen-bond acceptors (Lipinski definition) is 7. The van der Waals surface area contributed by atoms with Gasteiger partial charge in [0, 0.05) is 6.08 Å². The highest BCUT2D eigenvalue weighted by atomic mass is 16.5. The average molecular weight is 319 g/mol. The zero-order valence-electron chi connectivity index (χ0n) is 13.3. The second-order valence-electron chi connectivity index (χ2n) is 4.17. The van der Waals surface area contributed by atoms with Crippen molar-refractivity contribution in [2.75, 3.05) is 27.9 Å². The van der Waals surface area contributed by atoms with Crippen molar-refractivity contribution in [1.29, 1.82) is 5.26 Å². The smallest absolute Gasteiger partial charge is 0.345 e. The number of benzene rings is 1. The van der Waals surface area contributed by atoms with Gasteiger partial charge < -0.3 is 18.9 Å². The third kappa shape index (κ3) is 4.23. The maximum atomic E-state index is 11.9. The van der Waals surface area contributed by atoms with Crippen molar-refractivity contribution < 1.29 is 28.5 Å². The second kappa shape index (κ2) is 8.44. The lowest BCUT2D eigenvalue weighted by atomic mass is 10.0. The van der Waals surface area contributed by atoms with Crippen LogP contribution in [0.3, 0.4) is 0 Å². The molecule has 7 heteroatoms. The summed E-state index contributed by atoms with van der Waals surface area (Å²) in [6.45, 7) is 1.86. The summed E-state index contributed by atoms with van der Waals surface area (Å²) in [6, 6.07) is 4.80. The molecule has 0 bridgehead atoms. The summed E-state index contributed by atoms with van der Waals surface area (Å²) >= 11 is 0. The van der Waals surface area contributed by atoms with Crippen LogP contribution in [0.25, 0.3) is 5.57 Å². The Labute approximate surface area is 134 Å². The molecule has 0 radical (unpaired) electrons. The average Bonchev–Trinajstić information content (AvgIpc) is 2.57. The number of carbonyl (C=O) groups excluding carboxylic acids is 2. The minimum absolute atomic E-state index is 0.0523. The number of esters is 2. The molecule has 122 valence electrons. The molecule has 1 aromatic rings. The fourth-order valence-corrected chi connectivity index (χ4v) is 1.85. The molecule has 1 aromatic carbocycles. The van der Waals surface area contributed by atoms with E-state index in [1.54, 1.807) is 6.92 Å². The molecule has 0 aliphatic carbocycles. The van der Waals surface area contributed by atoms with Crippen LogP contribution in [0.5, 0.6) is 11.5 Å². The Balaban J connectivity index is 3.47. The molecule has 0 atom stereocenters. The van der Waals surface area contributed by atoms with E-state index in [4.69, 9.17) is 18.9 Å². The summed E-state index contributed by atoms with van der Waals surface area (Å²) < 4.78 is 19.8. The Morgan fingerprint density at radius 1 is 1.17 bits per heavy atom. The van der Waals surface area contributed by atoms with Crippen molar-refractivity contribution in [2.45, 2.75) is 6.92 Å². The highest BCUT2D eigenvalue weighted by Gasteiger charge is 2.21. The molecule has 0 aromatic heterocycles. The van der Waals surface area contributed by atoms with Gasteiger partial charge in [0.05, 0.1) is 33.5 Å². The minimum Gasteiger partial charge on any atom is -0.496 e. The Morgan fingerprint density at radius 2 is 1.74 bits per heavy atom. The minimum atomic E-state index is -0.641. The first-order valence-corrected chi connectivity index (χ1v) is 6.65. The van der Waals surface area contributed by atoms with Crippen LogP contribution in [0, 0.1) is 11.3 Å². The number of nitriles is 1. The molecule has 0 fully saturated rings. The number of ether oxygens (including phenoxy) is 4. The van der Waals surface area contributed by atoms with E-state index in [1.165, 1.54) is 33.5 Å². The number of allylic oxidation sites excluding steroid dienone is 1. The van der Waals surface area contributed by atoms with Gasteiger partial charge in [-0.05, 0) is 24.6 Å². The van der Waals surface area contributed by atoms with Crippen molar-refractivity contribution >= 4 is 17.5 Å². The van der Waals surface area contributed by atoms with E-state index in [2.05, 4.69) is 0 Å². The first kappa shape index (κ1) is 18.0. The second-order valence-corrected chi connectivity index (χ2v) is 4.17. The van der Waals surface area contributed by atoms with Gasteiger partial charge in [-0.2, -0.15) is 5.26 Å². The van der Waals surface area contributed by atoms with Crippen LogP contribution >= 0.6 is 0 Å². The third-order valence-electron chi connectivity index (χ3n) is 2.88. The summed E-state index contributed by atoms with van der Waals surface area (Å²) in [7, 11) is 3.97. The SMILES string of the molecule is CCOC(=O)C=C(C#N)c1cc(OC)c(C(=O)OC)c(OC)c1. The maximum absolute atomic E-state index is 11.9. The number of nitrogens with zero attached hydrogens (tertiary/aromatic N) is 1. The molecule has 23 heavy (non-hydrogen) atoms. The summed E-state index contributed by atoms with van der Waals surface area (Å²) in [6.07, 6.45) is 1.07. The molecular weight excluding hydrogens is 302 g/mol. The summed E-state index contributed by atoms with van der Waals surface area (Å²) in [5.74, 6) is -0.954. The highest BCUT2D eigenvalue weighted by Crippen LogP contribution is 2.33. The molecule has 0 heterocycles. The van der Waals surface area contributed by atoms with Gasteiger partial charge >= 0.3 is 11.9 Å². The quantitative estimate of drug-likeness (QED) is 0.449. The van der Waals surface area contributed by atoms with Crippen molar-refractivity contribution in [3.05, 3.63) is 29.3 Å². The molecular formula is C16H17NO6. The summed E-state index contributed by atoms with van der Waals surface area (Å²) in [5.41, 5.74) is 0.494. The molecule has 7 nitrogen and oxygen atoms in total. The van der Waals surface area contributed by atoms with E-state index in [9.17, 15) is 14.9 Å². The van der Waals surface area contributed by atoms with Crippen molar-refractivity contribution in [3.63, 3.8) is 0 Å². The normalized spacial score (nSPS) is 10.5. The highest BCUT2D eigenvalue weighted by molar-refractivity contribution is 5.99. The van der Waals surface area contributed by atoms with E-state index in [0.717, 1.165) is 6.08 Å². The molecule has 0 aliphatic heterocycles. The lowest BCUT2D eigenvalue weighted by Crippen LogP contribution is -2.08. The number of rotatable bonds is 6. The van der Waals surface area contributed by atoms with Gasteiger partial charge in [-0.15, -0.1) is 0 Å². The van der Waals surface area contributed by atoms with E-state index in [0.29, 0.717) is 5.56 Å². The zero-order chi connectivity index (χ0) is 17.4. The van der Waals surface area contributed by atoms with Crippen LogP contribution in [-0.4, -0.2) is 39.9 Å². The fraction of sp³-hybridized carbons (Fsp3) is 0.312. The van der Waals surface area contributed by atoms with Crippen molar-refractivity contribution in [1.82, 2.24) is 0 Å².